The molecule has 4 N–H and O–H groups in total. The summed E-state index contributed by atoms with van der Waals surface area (Å²) in [5.74, 6) is 4.66. The monoisotopic (exact) mass is 564 g/mol. The van der Waals surface area contributed by atoms with Crippen LogP contribution in [0.4, 0.5) is 11.4 Å². The molecule has 1 aromatic carbocycles. The maximum atomic E-state index is 13.0. The van der Waals surface area contributed by atoms with Gasteiger partial charge in [0, 0.05) is 11.4 Å². The van der Waals surface area contributed by atoms with Crippen molar-refractivity contribution >= 4 is 17.3 Å². The molecule has 3 aliphatic carbocycles. The standard InChI is InChI=1S/C37H60N2O2/c1-8-27-13-14-31-33-16-15-32(25(5)12-10-11-24(3)4)37(33,7)20-18-34(31)36(27,6)19-17-30(9-2)41-35(40)26-21-28(38)23-29(39)22-26/h11,21-23,25,27,30-34H,8-10,12-20,38-39H2,1-7H3. The van der Waals surface area contributed by atoms with E-state index in [9.17, 15) is 4.79 Å². The van der Waals surface area contributed by atoms with Crippen LogP contribution in [-0.4, -0.2) is 12.1 Å². The van der Waals surface area contributed by atoms with Crippen molar-refractivity contribution in [3.8, 4) is 0 Å². The molecule has 4 nitrogen and oxygen atoms in total. The Morgan fingerprint density at radius 3 is 2.34 bits per heavy atom. The van der Waals surface area contributed by atoms with Gasteiger partial charge in [-0.15, -0.1) is 0 Å². The third kappa shape index (κ3) is 6.67. The smallest absolute Gasteiger partial charge is 0.338 e. The fraction of sp³-hybridized carbons (Fsp3) is 0.757. The molecule has 4 heteroatoms. The number of allylic oxidation sites excluding steroid dienone is 2. The lowest BCUT2D eigenvalue weighted by atomic mass is 9.45. The molecule has 3 aliphatic rings. The van der Waals surface area contributed by atoms with Gasteiger partial charge in [-0.1, -0.05) is 52.7 Å². The fourth-order valence-electron chi connectivity index (χ4n) is 10.2. The first-order valence-corrected chi connectivity index (χ1v) is 16.9. The van der Waals surface area contributed by atoms with E-state index < -0.39 is 0 Å². The predicted molar refractivity (Wildman–Crippen MR) is 173 cm³/mol. The van der Waals surface area contributed by atoms with E-state index in [1.165, 1.54) is 63.4 Å². The number of benzene rings is 1. The molecule has 0 spiro atoms. The Kier molecular flexibility index (Phi) is 10.2. The lowest BCUT2D eigenvalue weighted by Gasteiger charge is -2.60. The van der Waals surface area contributed by atoms with Crippen molar-refractivity contribution in [2.24, 2.45) is 46.3 Å². The van der Waals surface area contributed by atoms with Crippen LogP contribution < -0.4 is 11.5 Å². The van der Waals surface area contributed by atoms with Crippen molar-refractivity contribution in [1.29, 1.82) is 0 Å². The summed E-state index contributed by atoms with van der Waals surface area (Å²) >= 11 is 0. The number of fused-ring (bicyclic) bond motifs is 3. The summed E-state index contributed by atoms with van der Waals surface area (Å²) in [6.07, 6.45) is 17.5. The second-order valence-corrected chi connectivity index (χ2v) is 15.0. The minimum absolute atomic E-state index is 0.0776. The molecule has 0 heterocycles. The van der Waals surface area contributed by atoms with E-state index in [0.717, 1.165) is 54.8 Å². The van der Waals surface area contributed by atoms with Crippen LogP contribution in [0.2, 0.25) is 0 Å². The van der Waals surface area contributed by atoms with Crippen LogP contribution in [0.5, 0.6) is 0 Å². The SMILES string of the molecule is CCC(CCC1(C)C(CC)CCC2C1CCC1(C)C(C(C)CCC=C(C)C)CCC21)OC(=O)c1cc(N)cc(N)c1. The highest BCUT2D eigenvalue weighted by Crippen LogP contribution is 2.67. The maximum absolute atomic E-state index is 13.0. The highest BCUT2D eigenvalue weighted by Gasteiger charge is 2.59. The molecule has 3 fully saturated rings. The van der Waals surface area contributed by atoms with Gasteiger partial charge in [0.15, 0.2) is 0 Å². The fourth-order valence-corrected chi connectivity index (χ4v) is 10.2. The van der Waals surface area contributed by atoms with E-state index in [0.29, 0.717) is 27.8 Å². The average molecular weight is 565 g/mol. The number of nitrogens with two attached hydrogens (primary N) is 2. The lowest BCUT2D eigenvalue weighted by molar-refractivity contribution is -0.108. The lowest BCUT2D eigenvalue weighted by Crippen LogP contribution is -2.52. The molecule has 0 aromatic heterocycles. The van der Waals surface area contributed by atoms with Gasteiger partial charge in [-0.05, 0) is 149 Å². The molecule has 0 amide bonds. The van der Waals surface area contributed by atoms with Crippen molar-refractivity contribution in [3.63, 3.8) is 0 Å². The van der Waals surface area contributed by atoms with Gasteiger partial charge in [0.2, 0.25) is 0 Å². The number of carbonyl (C=O) groups is 1. The van der Waals surface area contributed by atoms with Gasteiger partial charge in [-0.25, -0.2) is 4.79 Å². The number of rotatable bonds is 11. The Morgan fingerprint density at radius 1 is 1.00 bits per heavy atom. The second kappa shape index (κ2) is 13.1. The van der Waals surface area contributed by atoms with Gasteiger partial charge >= 0.3 is 5.97 Å². The number of esters is 1. The molecule has 230 valence electrons. The Hall–Kier alpha value is -1.97. The summed E-state index contributed by atoms with van der Waals surface area (Å²) in [6.45, 7) is 16.8. The molecule has 4 rings (SSSR count). The van der Waals surface area contributed by atoms with Crippen molar-refractivity contribution < 1.29 is 9.53 Å². The van der Waals surface area contributed by atoms with E-state index in [2.05, 4.69) is 54.5 Å². The van der Waals surface area contributed by atoms with Gasteiger partial charge in [-0.2, -0.15) is 0 Å². The largest absolute Gasteiger partial charge is 0.459 e. The van der Waals surface area contributed by atoms with Crippen LogP contribution in [-0.2, 0) is 4.74 Å². The average Bonchev–Trinajstić information content (AvgIpc) is 3.27. The summed E-state index contributed by atoms with van der Waals surface area (Å²) in [4.78, 5) is 13.0. The second-order valence-electron chi connectivity index (χ2n) is 15.0. The number of hydrogen-bond acceptors (Lipinski definition) is 4. The Bertz CT molecular complexity index is 1060. The first-order valence-electron chi connectivity index (χ1n) is 16.9. The minimum Gasteiger partial charge on any atom is -0.459 e. The summed E-state index contributed by atoms with van der Waals surface area (Å²) in [7, 11) is 0. The zero-order chi connectivity index (χ0) is 29.9. The number of ether oxygens (including phenoxy) is 1. The summed E-state index contributed by atoms with van der Waals surface area (Å²) in [5, 5.41) is 0. The maximum Gasteiger partial charge on any atom is 0.338 e. The first-order chi connectivity index (χ1) is 19.4. The zero-order valence-electron chi connectivity index (χ0n) is 27.3. The third-order valence-corrected chi connectivity index (χ3v) is 12.4. The van der Waals surface area contributed by atoms with Crippen molar-refractivity contribution in [2.75, 3.05) is 11.5 Å². The first kappa shape index (κ1) is 32.0. The van der Waals surface area contributed by atoms with Crippen LogP contribution in [0.25, 0.3) is 0 Å². The molecular weight excluding hydrogens is 504 g/mol. The van der Waals surface area contributed by atoms with Gasteiger partial charge in [-0.3, -0.25) is 0 Å². The molecule has 1 aromatic rings. The molecule has 41 heavy (non-hydrogen) atoms. The molecule has 0 saturated heterocycles. The highest BCUT2D eigenvalue weighted by molar-refractivity contribution is 5.91. The van der Waals surface area contributed by atoms with Gasteiger partial charge in [0.05, 0.1) is 5.56 Å². The summed E-state index contributed by atoms with van der Waals surface area (Å²) < 4.78 is 6.06. The highest BCUT2D eigenvalue weighted by atomic mass is 16.5. The Labute approximate surface area is 251 Å². The van der Waals surface area contributed by atoms with Gasteiger partial charge < -0.3 is 16.2 Å². The number of anilines is 2. The number of carbonyl (C=O) groups excluding carboxylic acids is 1. The third-order valence-electron chi connectivity index (χ3n) is 12.4. The number of hydrogen-bond donors (Lipinski definition) is 2. The topological polar surface area (TPSA) is 78.3 Å². The van der Waals surface area contributed by atoms with Crippen molar-refractivity contribution in [1.82, 2.24) is 0 Å². The minimum atomic E-state index is -0.307. The van der Waals surface area contributed by atoms with E-state index in [4.69, 9.17) is 16.2 Å². The molecule has 0 radical (unpaired) electrons. The normalized spacial score (nSPS) is 34.3. The van der Waals surface area contributed by atoms with E-state index >= 15 is 0 Å². The van der Waals surface area contributed by atoms with Crippen LogP contribution in [0, 0.1) is 46.3 Å². The van der Waals surface area contributed by atoms with Crippen LogP contribution in [0.1, 0.15) is 136 Å². The molecule has 9 unspecified atom stereocenters. The summed E-state index contributed by atoms with van der Waals surface area (Å²) in [6, 6.07) is 5.01. The molecule has 0 aliphatic heterocycles. The van der Waals surface area contributed by atoms with E-state index in [1.807, 2.05) is 0 Å². The van der Waals surface area contributed by atoms with Crippen LogP contribution >= 0.6 is 0 Å². The molecule has 0 bridgehead atoms. The van der Waals surface area contributed by atoms with Crippen molar-refractivity contribution in [3.05, 3.63) is 35.4 Å². The van der Waals surface area contributed by atoms with Crippen LogP contribution in [0.3, 0.4) is 0 Å². The van der Waals surface area contributed by atoms with Gasteiger partial charge in [0.1, 0.15) is 6.10 Å². The quantitative estimate of drug-likeness (QED) is 0.159. The number of nitrogen functional groups attached to an aromatic ring is 2. The molecular formula is C37H60N2O2. The Balaban J connectivity index is 1.45. The predicted octanol–water partition coefficient (Wildman–Crippen LogP) is 9.83. The summed E-state index contributed by atoms with van der Waals surface area (Å²) in [5.41, 5.74) is 15.6. The molecule has 3 saturated carbocycles. The van der Waals surface area contributed by atoms with Crippen LogP contribution in [0.15, 0.2) is 29.8 Å². The van der Waals surface area contributed by atoms with E-state index in [-0.39, 0.29) is 12.1 Å². The Morgan fingerprint density at radius 2 is 1.71 bits per heavy atom. The molecule has 9 atom stereocenters. The van der Waals surface area contributed by atoms with Crippen molar-refractivity contribution in [2.45, 2.75) is 132 Å². The zero-order valence-corrected chi connectivity index (χ0v) is 27.3. The van der Waals surface area contributed by atoms with E-state index in [1.54, 1.807) is 18.2 Å². The van der Waals surface area contributed by atoms with Gasteiger partial charge in [0.25, 0.3) is 0 Å².